The summed E-state index contributed by atoms with van der Waals surface area (Å²) in [7, 11) is 0. The molecule has 0 bridgehead atoms. The number of rotatable bonds is 2. The van der Waals surface area contributed by atoms with Crippen LogP contribution in [0, 0.1) is 0 Å². The van der Waals surface area contributed by atoms with Gasteiger partial charge in [-0.2, -0.15) is 0 Å². The number of anilines is 2. The summed E-state index contributed by atoms with van der Waals surface area (Å²) in [6, 6.07) is 6.73. The van der Waals surface area contributed by atoms with Gasteiger partial charge in [-0.25, -0.2) is 0 Å². The third-order valence-electron chi connectivity index (χ3n) is 3.83. The predicted molar refractivity (Wildman–Crippen MR) is 76.7 cm³/mol. The zero-order valence-electron chi connectivity index (χ0n) is 10.5. The Hall–Kier alpha value is -1.77. The smallest absolute Gasteiger partial charge is 0.0630 e. The van der Waals surface area contributed by atoms with Crippen molar-refractivity contribution in [3.63, 3.8) is 0 Å². The van der Waals surface area contributed by atoms with Gasteiger partial charge in [0.2, 0.25) is 0 Å². The third kappa shape index (κ3) is 2.13. The molecule has 0 unspecified atom stereocenters. The van der Waals surface area contributed by atoms with E-state index in [9.17, 15) is 0 Å². The summed E-state index contributed by atoms with van der Waals surface area (Å²) in [5.41, 5.74) is 8.16. The van der Waals surface area contributed by atoms with Gasteiger partial charge in [0.1, 0.15) is 0 Å². The van der Waals surface area contributed by atoms with Gasteiger partial charge in [-0.05, 0) is 25.0 Å². The molecule has 1 aliphatic carbocycles. The zero-order valence-corrected chi connectivity index (χ0v) is 10.5. The SMILES string of the molecule is Nc1c(NC2CCCCC2)ccc2cnccc12. The van der Waals surface area contributed by atoms with Crippen LogP contribution in [0.15, 0.2) is 30.6 Å². The first-order valence-corrected chi connectivity index (χ1v) is 6.73. The molecule has 1 aromatic heterocycles. The summed E-state index contributed by atoms with van der Waals surface area (Å²) in [5.74, 6) is 0. The highest BCUT2D eigenvalue weighted by Crippen LogP contribution is 2.30. The molecule has 18 heavy (non-hydrogen) atoms. The van der Waals surface area contributed by atoms with Crippen molar-refractivity contribution in [2.45, 2.75) is 38.1 Å². The van der Waals surface area contributed by atoms with E-state index in [0.29, 0.717) is 6.04 Å². The summed E-state index contributed by atoms with van der Waals surface area (Å²) < 4.78 is 0. The molecule has 1 aliphatic rings. The summed E-state index contributed by atoms with van der Waals surface area (Å²) in [4.78, 5) is 4.12. The maximum absolute atomic E-state index is 6.25. The van der Waals surface area contributed by atoms with E-state index in [-0.39, 0.29) is 0 Å². The van der Waals surface area contributed by atoms with Gasteiger partial charge >= 0.3 is 0 Å². The molecule has 0 amide bonds. The van der Waals surface area contributed by atoms with E-state index >= 15 is 0 Å². The van der Waals surface area contributed by atoms with E-state index in [0.717, 1.165) is 22.1 Å². The quantitative estimate of drug-likeness (QED) is 0.790. The van der Waals surface area contributed by atoms with Crippen LogP contribution in [0.25, 0.3) is 10.8 Å². The van der Waals surface area contributed by atoms with Crippen LogP contribution in [0.5, 0.6) is 0 Å². The van der Waals surface area contributed by atoms with Gasteiger partial charge in [-0.1, -0.05) is 25.3 Å². The molecule has 1 heterocycles. The summed E-state index contributed by atoms with van der Waals surface area (Å²) in [6.45, 7) is 0. The van der Waals surface area contributed by atoms with Gasteiger partial charge in [0.15, 0.2) is 0 Å². The van der Waals surface area contributed by atoms with Crippen molar-refractivity contribution in [2.75, 3.05) is 11.1 Å². The lowest BCUT2D eigenvalue weighted by molar-refractivity contribution is 0.463. The fourth-order valence-electron chi connectivity index (χ4n) is 2.79. The molecule has 0 aliphatic heterocycles. The Morgan fingerprint density at radius 3 is 2.78 bits per heavy atom. The molecular formula is C15H19N3. The highest BCUT2D eigenvalue weighted by Gasteiger charge is 2.14. The van der Waals surface area contributed by atoms with Gasteiger partial charge in [0.25, 0.3) is 0 Å². The molecule has 3 rings (SSSR count). The Balaban J connectivity index is 1.89. The number of nitrogens with two attached hydrogens (primary N) is 1. The van der Waals surface area contributed by atoms with Gasteiger partial charge in [-0.3, -0.25) is 4.98 Å². The van der Waals surface area contributed by atoms with Crippen molar-refractivity contribution in [1.82, 2.24) is 4.98 Å². The van der Waals surface area contributed by atoms with Crippen LogP contribution in [0.3, 0.4) is 0 Å². The Kier molecular flexibility index (Phi) is 3.05. The van der Waals surface area contributed by atoms with Crippen LogP contribution in [-0.4, -0.2) is 11.0 Å². The molecule has 3 nitrogen and oxygen atoms in total. The highest BCUT2D eigenvalue weighted by molar-refractivity contribution is 5.98. The Bertz CT molecular complexity index is 544. The van der Waals surface area contributed by atoms with Crippen molar-refractivity contribution in [1.29, 1.82) is 0 Å². The van der Waals surface area contributed by atoms with Crippen LogP contribution < -0.4 is 11.1 Å². The number of hydrogen-bond donors (Lipinski definition) is 2. The first-order chi connectivity index (χ1) is 8.84. The lowest BCUT2D eigenvalue weighted by Crippen LogP contribution is -2.22. The predicted octanol–water partition coefficient (Wildman–Crippen LogP) is 3.56. The number of nitrogens with one attached hydrogen (secondary N) is 1. The van der Waals surface area contributed by atoms with E-state index in [4.69, 9.17) is 5.73 Å². The number of benzene rings is 1. The van der Waals surface area contributed by atoms with Crippen LogP contribution in [0.1, 0.15) is 32.1 Å². The van der Waals surface area contributed by atoms with Crippen molar-refractivity contribution in [3.05, 3.63) is 30.6 Å². The molecule has 1 aromatic carbocycles. The number of pyridine rings is 1. The highest BCUT2D eigenvalue weighted by atomic mass is 14.9. The van der Waals surface area contributed by atoms with Crippen LogP contribution in [-0.2, 0) is 0 Å². The largest absolute Gasteiger partial charge is 0.397 e. The van der Waals surface area contributed by atoms with Crippen LogP contribution >= 0.6 is 0 Å². The minimum absolute atomic E-state index is 0.584. The second-order valence-corrected chi connectivity index (χ2v) is 5.10. The minimum atomic E-state index is 0.584. The number of hydrogen-bond acceptors (Lipinski definition) is 3. The van der Waals surface area contributed by atoms with E-state index in [1.807, 2.05) is 12.3 Å². The molecule has 0 atom stereocenters. The van der Waals surface area contributed by atoms with E-state index in [1.165, 1.54) is 32.1 Å². The second-order valence-electron chi connectivity index (χ2n) is 5.10. The standard InChI is InChI=1S/C15H19N3/c16-15-13-8-9-17-10-11(13)6-7-14(15)18-12-4-2-1-3-5-12/h6-10,12,18H,1-5,16H2. The lowest BCUT2D eigenvalue weighted by atomic mass is 9.95. The Labute approximate surface area is 107 Å². The molecule has 3 heteroatoms. The monoisotopic (exact) mass is 241 g/mol. The zero-order chi connectivity index (χ0) is 12.4. The first kappa shape index (κ1) is 11.3. The van der Waals surface area contributed by atoms with E-state index < -0.39 is 0 Å². The topological polar surface area (TPSA) is 50.9 Å². The summed E-state index contributed by atoms with van der Waals surface area (Å²) >= 11 is 0. The van der Waals surface area contributed by atoms with Crippen LogP contribution in [0.4, 0.5) is 11.4 Å². The molecule has 2 aromatic rings. The van der Waals surface area contributed by atoms with E-state index in [2.05, 4.69) is 22.4 Å². The third-order valence-corrected chi connectivity index (χ3v) is 3.83. The number of fused-ring (bicyclic) bond motifs is 1. The maximum atomic E-state index is 6.25. The molecule has 1 fully saturated rings. The van der Waals surface area contributed by atoms with Gasteiger partial charge < -0.3 is 11.1 Å². The fraction of sp³-hybridized carbons (Fsp3) is 0.400. The number of aromatic nitrogens is 1. The second kappa shape index (κ2) is 4.84. The average molecular weight is 241 g/mol. The van der Waals surface area contributed by atoms with Crippen molar-refractivity contribution in [2.24, 2.45) is 0 Å². The first-order valence-electron chi connectivity index (χ1n) is 6.73. The molecule has 94 valence electrons. The average Bonchev–Trinajstić information content (AvgIpc) is 2.43. The lowest BCUT2D eigenvalue weighted by Gasteiger charge is -2.24. The Morgan fingerprint density at radius 1 is 1.11 bits per heavy atom. The number of nitrogens with zero attached hydrogens (tertiary/aromatic N) is 1. The van der Waals surface area contributed by atoms with Crippen molar-refractivity contribution < 1.29 is 0 Å². The van der Waals surface area contributed by atoms with Crippen molar-refractivity contribution >= 4 is 22.1 Å². The molecule has 0 saturated heterocycles. The molecule has 0 radical (unpaired) electrons. The molecule has 3 N–H and O–H groups in total. The Morgan fingerprint density at radius 2 is 1.94 bits per heavy atom. The molecule has 0 spiro atoms. The minimum Gasteiger partial charge on any atom is -0.397 e. The normalized spacial score (nSPS) is 16.9. The van der Waals surface area contributed by atoms with Crippen LogP contribution in [0.2, 0.25) is 0 Å². The van der Waals surface area contributed by atoms with Crippen molar-refractivity contribution in [3.8, 4) is 0 Å². The van der Waals surface area contributed by atoms with Gasteiger partial charge in [0, 0.05) is 29.2 Å². The molecule has 1 saturated carbocycles. The number of nitrogen functional groups attached to an aromatic ring is 1. The van der Waals surface area contributed by atoms with Gasteiger partial charge in [-0.15, -0.1) is 0 Å². The molecular weight excluding hydrogens is 222 g/mol. The fourth-order valence-corrected chi connectivity index (χ4v) is 2.79. The maximum Gasteiger partial charge on any atom is 0.0630 e. The van der Waals surface area contributed by atoms with Gasteiger partial charge in [0.05, 0.1) is 11.4 Å². The summed E-state index contributed by atoms with van der Waals surface area (Å²) in [5, 5.41) is 5.79. The summed E-state index contributed by atoms with van der Waals surface area (Å²) in [6.07, 6.45) is 10.2. The van der Waals surface area contributed by atoms with E-state index in [1.54, 1.807) is 6.20 Å².